The van der Waals surface area contributed by atoms with Crippen LogP contribution in [0.2, 0.25) is 0 Å². The van der Waals surface area contributed by atoms with E-state index in [-0.39, 0.29) is 11.0 Å². The highest BCUT2D eigenvalue weighted by Crippen LogP contribution is 2.25. The zero-order valence-electron chi connectivity index (χ0n) is 7.17. The molecule has 0 saturated heterocycles. The smallest absolute Gasteiger partial charge is 0.334 e. The van der Waals surface area contributed by atoms with Crippen LogP contribution >= 0.6 is 0 Å². The van der Waals surface area contributed by atoms with Gasteiger partial charge in [-0.3, -0.25) is 4.79 Å². The second kappa shape index (κ2) is 3.04. The Bertz CT molecular complexity index is 561. The Balaban J connectivity index is 2.79. The molecule has 4 nitrogen and oxygen atoms in total. The number of fused-ring (bicyclic) bond motifs is 1. The van der Waals surface area contributed by atoms with Crippen molar-refractivity contribution >= 4 is 11.0 Å². The molecular formula is C8H4F3N3O. The van der Waals surface area contributed by atoms with E-state index in [0.29, 0.717) is 0 Å². The van der Waals surface area contributed by atoms with Crippen LogP contribution in [0.15, 0.2) is 23.1 Å². The van der Waals surface area contributed by atoms with Crippen LogP contribution in [0, 0.1) is 0 Å². The molecule has 0 saturated carbocycles. The number of aromatic nitrogens is 3. The molecule has 15 heavy (non-hydrogen) atoms. The van der Waals surface area contributed by atoms with Gasteiger partial charge < -0.3 is 4.98 Å². The van der Waals surface area contributed by atoms with E-state index < -0.39 is 17.6 Å². The Labute approximate surface area is 80.8 Å². The molecule has 0 aliphatic heterocycles. The summed E-state index contributed by atoms with van der Waals surface area (Å²) in [7, 11) is 0. The Hall–Kier alpha value is -1.92. The summed E-state index contributed by atoms with van der Waals surface area (Å²) in [5, 5.41) is 0. The first-order valence-electron chi connectivity index (χ1n) is 3.91. The van der Waals surface area contributed by atoms with Gasteiger partial charge in [-0.05, 0) is 12.1 Å². The van der Waals surface area contributed by atoms with Crippen LogP contribution in [0.25, 0.3) is 11.0 Å². The number of nitrogens with zero attached hydrogens (tertiary/aromatic N) is 2. The topological polar surface area (TPSA) is 58.6 Å². The van der Waals surface area contributed by atoms with Crippen LogP contribution in [0.4, 0.5) is 13.2 Å². The van der Waals surface area contributed by atoms with E-state index in [1.165, 1.54) is 18.3 Å². The third kappa shape index (κ3) is 1.67. The Morgan fingerprint density at radius 1 is 1.33 bits per heavy atom. The minimum absolute atomic E-state index is 0.0184. The fourth-order valence-corrected chi connectivity index (χ4v) is 1.12. The molecule has 2 aromatic rings. The van der Waals surface area contributed by atoms with Gasteiger partial charge in [0.25, 0.3) is 5.56 Å². The maximum Gasteiger partial charge on any atom is 0.449 e. The summed E-state index contributed by atoms with van der Waals surface area (Å²) < 4.78 is 36.7. The molecule has 78 valence electrons. The first kappa shape index (κ1) is 9.63. The van der Waals surface area contributed by atoms with Gasteiger partial charge in [-0.25, -0.2) is 4.98 Å². The molecule has 0 aliphatic carbocycles. The normalized spacial score (nSPS) is 11.9. The molecule has 1 N–H and O–H groups in total. The number of halogens is 3. The van der Waals surface area contributed by atoms with E-state index >= 15 is 0 Å². The summed E-state index contributed by atoms with van der Waals surface area (Å²) in [6, 6.07) is 2.76. The molecule has 2 rings (SSSR count). The molecule has 2 heterocycles. The summed E-state index contributed by atoms with van der Waals surface area (Å²) in [6.07, 6.45) is -3.35. The molecule has 0 amide bonds. The lowest BCUT2D eigenvalue weighted by molar-refractivity contribution is -0.144. The van der Waals surface area contributed by atoms with Gasteiger partial charge in [0, 0.05) is 6.20 Å². The Kier molecular flexibility index (Phi) is 1.95. The van der Waals surface area contributed by atoms with Gasteiger partial charge in [0.1, 0.15) is 0 Å². The van der Waals surface area contributed by atoms with Crippen molar-refractivity contribution < 1.29 is 13.2 Å². The molecule has 0 spiro atoms. The first-order valence-corrected chi connectivity index (χ1v) is 3.91. The fourth-order valence-electron chi connectivity index (χ4n) is 1.12. The lowest BCUT2D eigenvalue weighted by atomic mass is 10.3. The molecule has 0 radical (unpaired) electrons. The number of rotatable bonds is 0. The summed E-state index contributed by atoms with van der Waals surface area (Å²) >= 11 is 0. The van der Waals surface area contributed by atoms with Crippen LogP contribution < -0.4 is 5.56 Å². The van der Waals surface area contributed by atoms with Crippen molar-refractivity contribution in [1.29, 1.82) is 0 Å². The van der Waals surface area contributed by atoms with Crippen LogP contribution in [-0.4, -0.2) is 15.0 Å². The second-order valence-corrected chi connectivity index (χ2v) is 2.79. The third-order valence-corrected chi connectivity index (χ3v) is 1.75. The van der Waals surface area contributed by atoms with Crippen molar-refractivity contribution in [2.75, 3.05) is 0 Å². The van der Waals surface area contributed by atoms with Crippen molar-refractivity contribution in [3.05, 3.63) is 34.5 Å². The zero-order valence-corrected chi connectivity index (χ0v) is 7.17. The predicted octanol–water partition coefficient (Wildman–Crippen LogP) is 1.34. The van der Waals surface area contributed by atoms with Crippen molar-refractivity contribution in [2.24, 2.45) is 0 Å². The van der Waals surface area contributed by atoms with Gasteiger partial charge in [-0.1, -0.05) is 0 Å². The molecule has 7 heteroatoms. The highest BCUT2D eigenvalue weighted by molar-refractivity contribution is 5.72. The highest BCUT2D eigenvalue weighted by atomic mass is 19.4. The summed E-state index contributed by atoms with van der Waals surface area (Å²) in [5.74, 6) is -1.31. The number of alkyl halides is 3. The van der Waals surface area contributed by atoms with Gasteiger partial charge in [0.2, 0.25) is 5.82 Å². The highest BCUT2D eigenvalue weighted by Gasteiger charge is 2.34. The van der Waals surface area contributed by atoms with Crippen LogP contribution in [0.5, 0.6) is 0 Å². The molecule has 0 aliphatic rings. The minimum Gasteiger partial charge on any atom is -0.334 e. The van der Waals surface area contributed by atoms with E-state index in [0.717, 1.165) is 0 Å². The van der Waals surface area contributed by atoms with Crippen LogP contribution in [0.3, 0.4) is 0 Å². The van der Waals surface area contributed by atoms with Crippen LogP contribution in [-0.2, 0) is 6.18 Å². The van der Waals surface area contributed by atoms with E-state index in [1.54, 1.807) is 0 Å². The largest absolute Gasteiger partial charge is 0.449 e. The number of nitrogens with one attached hydrogen (secondary N) is 1. The summed E-state index contributed by atoms with van der Waals surface area (Å²) in [5.41, 5.74) is -1.08. The van der Waals surface area contributed by atoms with E-state index in [9.17, 15) is 18.0 Å². The monoisotopic (exact) mass is 215 g/mol. The molecule has 0 fully saturated rings. The molecular weight excluding hydrogens is 211 g/mol. The predicted molar refractivity (Wildman–Crippen MR) is 45.2 cm³/mol. The molecule has 2 aromatic heterocycles. The fraction of sp³-hybridized carbons (Fsp3) is 0.125. The number of pyridine rings is 1. The van der Waals surface area contributed by atoms with Gasteiger partial charge in [0.15, 0.2) is 5.52 Å². The quantitative estimate of drug-likeness (QED) is 0.721. The van der Waals surface area contributed by atoms with Crippen molar-refractivity contribution in [1.82, 2.24) is 15.0 Å². The van der Waals surface area contributed by atoms with Crippen molar-refractivity contribution in [3.63, 3.8) is 0 Å². The Morgan fingerprint density at radius 3 is 2.73 bits per heavy atom. The number of H-pyrrole nitrogens is 1. The maximum absolute atomic E-state index is 12.2. The third-order valence-electron chi connectivity index (χ3n) is 1.75. The maximum atomic E-state index is 12.2. The van der Waals surface area contributed by atoms with Crippen LogP contribution in [0.1, 0.15) is 5.82 Å². The first-order chi connectivity index (χ1) is 6.98. The van der Waals surface area contributed by atoms with E-state index in [4.69, 9.17) is 0 Å². The van der Waals surface area contributed by atoms with Gasteiger partial charge in [0.05, 0.1) is 5.52 Å². The summed E-state index contributed by atoms with van der Waals surface area (Å²) in [4.78, 5) is 19.7. The standard InChI is InChI=1S/C8H4F3N3O/c9-8(10,11)7-13-4-2-1-3-12-5(4)6(15)14-7/h1-3H,(H,13,14,15). The van der Waals surface area contributed by atoms with Gasteiger partial charge in [-0.2, -0.15) is 18.2 Å². The average Bonchev–Trinajstić information content (AvgIpc) is 2.16. The minimum atomic E-state index is -4.66. The molecule has 0 bridgehead atoms. The number of hydrogen-bond donors (Lipinski definition) is 1. The lowest BCUT2D eigenvalue weighted by Gasteiger charge is -2.05. The zero-order chi connectivity index (χ0) is 11.1. The van der Waals surface area contributed by atoms with Crippen molar-refractivity contribution in [3.8, 4) is 0 Å². The molecule has 0 aromatic carbocycles. The molecule has 0 atom stereocenters. The number of hydrogen-bond acceptors (Lipinski definition) is 3. The average molecular weight is 215 g/mol. The van der Waals surface area contributed by atoms with Crippen molar-refractivity contribution in [2.45, 2.75) is 6.18 Å². The summed E-state index contributed by atoms with van der Waals surface area (Å²) in [6.45, 7) is 0. The molecule has 0 unspecified atom stereocenters. The van der Waals surface area contributed by atoms with Gasteiger partial charge >= 0.3 is 6.18 Å². The SMILES string of the molecule is O=c1nc(C(F)(F)F)[nH]c2cccnc12. The lowest BCUT2D eigenvalue weighted by Crippen LogP contribution is -2.19. The van der Waals surface area contributed by atoms with Gasteiger partial charge in [-0.15, -0.1) is 0 Å². The van der Waals surface area contributed by atoms with E-state index in [1.807, 2.05) is 4.98 Å². The van der Waals surface area contributed by atoms with E-state index in [2.05, 4.69) is 9.97 Å². The number of aromatic amines is 1. The second-order valence-electron chi connectivity index (χ2n) is 2.79. The Morgan fingerprint density at radius 2 is 2.07 bits per heavy atom.